The molecule has 0 aliphatic rings. The zero-order chi connectivity index (χ0) is 7.68. The highest BCUT2D eigenvalue weighted by molar-refractivity contribution is 5.83. The minimum Gasteiger partial charge on any atom is -0.463 e. The second-order valence-corrected chi connectivity index (χ2v) is 2.18. The van der Waals surface area contributed by atoms with E-state index in [1.807, 2.05) is 6.07 Å². The Morgan fingerprint density at radius 2 is 2.45 bits per heavy atom. The number of furan rings is 1. The Hall–Kier alpha value is -1.75. The van der Waals surface area contributed by atoms with Gasteiger partial charge in [0.25, 0.3) is 0 Å². The van der Waals surface area contributed by atoms with Crippen molar-refractivity contribution in [3.63, 3.8) is 0 Å². The van der Waals surface area contributed by atoms with E-state index in [4.69, 9.17) is 9.68 Å². The molecule has 0 spiro atoms. The van der Waals surface area contributed by atoms with Crippen LogP contribution in [0.2, 0.25) is 0 Å². The molecule has 0 N–H and O–H groups in total. The average molecular weight is 142 g/mol. The Labute approximate surface area is 63.7 Å². The average Bonchev–Trinajstić information content (AvgIpc) is 2.47. The summed E-state index contributed by atoms with van der Waals surface area (Å²) in [7, 11) is 0. The first-order valence-electron chi connectivity index (χ1n) is 3.19. The van der Waals surface area contributed by atoms with Crippen molar-refractivity contribution in [1.29, 1.82) is 5.26 Å². The first kappa shape index (κ1) is 5.99. The molecule has 0 fully saturated rings. The van der Waals surface area contributed by atoms with Gasteiger partial charge in [-0.25, -0.2) is 0 Å². The summed E-state index contributed by atoms with van der Waals surface area (Å²) in [5, 5.41) is 9.43. The van der Waals surface area contributed by atoms with Crippen LogP contribution in [0.3, 0.4) is 0 Å². The van der Waals surface area contributed by atoms with E-state index in [0.717, 1.165) is 11.0 Å². The number of fused-ring (bicyclic) bond motifs is 1. The lowest BCUT2D eigenvalue weighted by Gasteiger charge is -1.82. The van der Waals surface area contributed by atoms with Gasteiger partial charge in [-0.15, -0.1) is 0 Å². The predicted molar refractivity (Wildman–Crippen MR) is 39.8 cm³/mol. The van der Waals surface area contributed by atoms with E-state index in [-0.39, 0.29) is 0 Å². The van der Waals surface area contributed by atoms with Crippen molar-refractivity contribution >= 4 is 11.0 Å². The smallest absolute Gasteiger partial charge is 0.135 e. The van der Waals surface area contributed by atoms with Crippen molar-refractivity contribution in [3.05, 3.63) is 36.1 Å². The fourth-order valence-electron chi connectivity index (χ4n) is 1.00. The number of nitrogens with zero attached hydrogens (tertiary/aromatic N) is 1. The van der Waals surface area contributed by atoms with Crippen LogP contribution < -0.4 is 0 Å². The van der Waals surface area contributed by atoms with Gasteiger partial charge < -0.3 is 4.42 Å². The molecule has 51 valence electrons. The maximum atomic E-state index is 8.60. The number of hydrogen-bond acceptors (Lipinski definition) is 2. The van der Waals surface area contributed by atoms with Crippen molar-refractivity contribution < 1.29 is 4.42 Å². The van der Waals surface area contributed by atoms with E-state index in [9.17, 15) is 0 Å². The van der Waals surface area contributed by atoms with Crippen LogP contribution in [0.25, 0.3) is 11.0 Å². The third kappa shape index (κ3) is 0.786. The number of hydrogen-bond donors (Lipinski definition) is 0. The molecule has 2 nitrogen and oxygen atoms in total. The van der Waals surface area contributed by atoms with Gasteiger partial charge in [0.05, 0.1) is 5.56 Å². The van der Waals surface area contributed by atoms with Crippen LogP contribution in [-0.4, -0.2) is 0 Å². The van der Waals surface area contributed by atoms with Crippen LogP contribution in [0.4, 0.5) is 0 Å². The molecule has 0 saturated heterocycles. The normalized spacial score (nSPS) is 9.73. The zero-order valence-corrected chi connectivity index (χ0v) is 5.66. The lowest BCUT2D eigenvalue weighted by atomic mass is 10.2. The Bertz CT molecular complexity index is 422. The first-order valence-corrected chi connectivity index (χ1v) is 3.19. The molecule has 0 aliphatic carbocycles. The van der Waals surface area contributed by atoms with Gasteiger partial charge in [0.2, 0.25) is 0 Å². The third-order valence-corrected chi connectivity index (χ3v) is 1.54. The van der Waals surface area contributed by atoms with Crippen molar-refractivity contribution in [1.82, 2.24) is 0 Å². The largest absolute Gasteiger partial charge is 0.463 e. The predicted octanol–water partition coefficient (Wildman–Crippen LogP) is 2.10. The molecule has 2 heteroatoms. The van der Waals surface area contributed by atoms with Crippen molar-refractivity contribution in [3.8, 4) is 6.07 Å². The first-order chi connectivity index (χ1) is 5.42. The van der Waals surface area contributed by atoms with Gasteiger partial charge in [0.1, 0.15) is 17.9 Å². The van der Waals surface area contributed by atoms with Crippen LogP contribution in [0.5, 0.6) is 0 Å². The molecule has 0 unspecified atom stereocenters. The summed E-state index contributed by atoms with van der Waals surface area (Å²) in [6, 6.07) is 10.2. The van der Waals surface area contributed by atoms with Crippen LogP contribution in [0, 0.1) is 17.4 Å². The summed E-state index contributed by atoms with van der Waals surface area (Å²) in [6.07, 6.45) is 1.46. The SMILES string of the molecule is N#Cc1coc2cc[c]cc12. The summed E-state index contributed by atoms with van der Waals surface area (Å²) < 4.78 is 5.10. The summed E-state index contributed by atoms with van der Waals surface area (Å²) in [4.78, 5) is 0. The van der Waals surface area contributed by atoms with E-state index in [1.54, 1.807) is 18.2 Å². The fourth-order valence-corrected chi connectivity index (χ4v) is 1.00. The van der Waals surface area contributed by atoms with E-state index in [2.05, 4.69) is 6.07 Å². The lowest BCUT2D eigenvalue weighted by molar-refractivity contribution is 0.614. The van der Waals surface area contributed by atoms with Crippen molar-refractivity contribution in [2.75, 3.05) is 0 Å². The van der Waals surface area contributed by atoms with Crippen molar-refractivity contribution in [2.45, 2.75) is 0 Å². The van der Waals surface area contributed by atoms with Gasteiger partial charge in [-0.2, -0.15) is 5.26 Å². The topological polar surface area (TPSA) is 36.9 Å². The highest BCUT2D eigenvalue weighted by atomic mass is 16.3. The summed E-state index contributed by atoms with van der Waals surface area (Å²) in [5.41, 5.74) is 1.30. The Balaban J connectivity index is 2.89. The number of nitriles is 1. The molecule has 2 aromatic rings. The van der Waals surface area contributed by atoms with Gasteiger partial charge in [0.15, 0.2) is 0 Å². The van der Waals surface area contributed by atoms with Crippen LogP contribution in [-0.2, 0) is 0 Å². The highest BCUT2D eigenvalue weighted by Gasteiger charge is 2.01. The molecule has 1 heterocycles. The Kier molecular flexibility index (Phi) is 1.16. The van der Waals surface area contributed by atoms with Crippen LogP contribution in [0.15, 0.2) is 28.9 Å². The molecule has 1 aromatic carbocycles. The second kappa shape index (κ2) is 2.14. The van der Waals surface area contributed by atoms with E-state index < -0.39 is 0 Å². The maximum absolute atomic E-state index is 8.60. The molecule has 1 aromatic heterocycles. The van der Waals surface area contributed by atoms with E-state index in [1.165, 1.54) is 6.26 Å². The molecule has 0 bridgehead atoms. The standard InChI is InChI=1S/C9H4NO/c10-5-7-6-11-9-4-2-1-3-8(7)9/h2-4,6H. The van der Waals surface area contributed by atoms with Gasteiger partial charge in [-0.1, -0.05) is 6.07 Å². The van der Waals surface area contributed by atoms with Crippen molar-refractivity contribution in [2.24, 2.45) is 0 Å². The second-order valence-electron chi connectivity index (χ2n) is 2.18. The molecule has 1 radical (unpaired) electrons. The number of benzene rings is 1. The molecular weight excluding hydrogens is 138 g/mol. The maximum Gasteiger partial charge on any atom is 0.135 e. The molecule has 0 aliphatic heterocycles. The minimum absolute atomic E-state index is 0.567. The molecule has 0 saturated carbocycles. The van der Waals surface area contributed by atoms with E-state index in [0.29, 0.717) is 5.56 Å². The molecule has 0 atom stereocenters. The quantitative estimate of drug-likeness (QED) is 0.564. The third-order valence-electron chi connectivity index (χ3n) is 1.54. The zero-order valence-electron chi connectivity index (χ0n) is 5.66. The van der Waals surface area contributed by atoms with Crippen LogP contribution >= 0.6 is 0 Å². The van der Waals surface area contributed by atoms with Gasteiger partial charge in [-0.3, -0.25) is 0 Å². The minimum atomic E-state index is 0.567. The molecule has 2 rings (SSSR count). The summed E-state index contributed by atoms with van der Waals surface area (Å²) >= 11 is 0. The van der Waals surface area contributed by atoms with Gasteiger partial charge in [0, 0.05) is 5.39 Å². The fraction of sp³-hybridized carbons (Fsp3) is 0. The van der Waals surface area contributed by atoms with E-state index >= 15 is 0 Å². The monoisotopic (exact) mass is 142 g/mol. The Morgan fingerprint density at radius 1 is 1.55 bits per heavy atom. The van der Waals surface area contributed by atoms with Crippen LogP contribution in [0.1, 0.15) is 5.56 Å². The molecular formula is C9H4NO. The lowest BCUT2D eigenvalue weighted by Crippen LogP contribution is -1.66. The molecule has 0 amide bonds. The Morgan fingerprint density at radius 3 is 3.27 bits per heavy atom. The summed E-state index contributed by atoms with van der Waals surface area (Å²) in [6.45, 7) is 0. The van der Waals surface area contributed by atoms with Gasteiger partial charge in [-0.05, 0) is 18.2 Å². The molecule has 11 heavy (non-hydrogen) atoms. The summed E-state index contributed by atoms with van der Waals surface area (Å²) in [5.74, 6) is 0. The van der Waals surface area contributed by atoms with Gasteiger partial charge >= 0.3 is 0 Å². The highest BCUT2D eigenvalue weighted by Crippen LogP contribution is 2.18. The number of rotatable bonds is 0.